The van der Waals surface area contributed by atoms with Crippen molar-refractivity contribution in [3.8, 4) is 11.5 Å². The van der Waals surface area contributed by atoms with Crippen LogP contribution in [0.4, 0.5) is 0 Å². The molecule has 0 fully saturated rings. The van der Waals surface area contributed by atoms with Crippen LogP contribution in [0.25, 0.3) is 0 Å². The lowest BCUT2D eigenvalue weighted by atomic mass is 10.3. The molecule has 0 saturated carbocycles. The predicted octanol–water partition coefficient (Wildman–Crippen LogP) is 5.94. The van der Waals surface area contributed by atoms with Gasteiger partial charge in [0.1, 0.15) is 11.5 Å². The zero-order valence-corrected chi connectivity index (χ0v) is 16.7. The molecular weight excluding hydrogens is 316 g/mol. The Morgan fingerprint density at radius 2 is 0.957 bits per heavy atom. The first-order valence-electron chi connectivity index (χ1n) is 8.34. The Labute approximate surface area is 142 Å². The van der Waals surface area contributed by atoms with Gasteiger partial charge in [0.2, 0.25) is 16.6 Å². The molecule has 0 spiro atoms. The summed E-state index contributed by atoms with van der Waals surface area (Å²) in [5.41, 5.74) is 0. The van der Waals surface area contributed by atoms with E-state index < -0.39 is 16.6 Å². The Bertz CT molecular complexity index is 529. The highest BCUT2D eigenvalue weighted by molar-refractivity contribution is 6.73. The first-order valence-corrected chi connectivity index (χ1v) is 14.6. The topological polar surface area (TPSA) is 18.5 Å². The first-order chi connectivity index (χ1) is 10.9. The summed E-state index contributed by atoms with van der Waals surface area (Å²) in [4.78, 5) is 0. The lowest BCUT2D eigenvalue weighted by Crippen LogP contribution is -2.37. The van der Waals surface area contributed by atoms with Crippen molar-refractivity contribution < 1.29 is 8.85 Å². The van der Waals surface area contributed by atoms with E-state index in [4.69, 9.17) is 8.85 Å². The molecule has 2 rings (SSSR count). The van der Waals surface area contributed by atoms with E-state index in [1.807, 2.05) is 60.7 Å². The van der Waals surface area contributed by atoms with Crippen LogP contribution in [0, 0.1) is 0 Å². The molecule has 0 radical (unpaired) electrons. The fourth-order valence-corrected chi connectivity index (χ4v) is 6.82. The van der Waals surface area contributed by atoms with E-state index in [0.29, 0.717) is 0 Å². The van der Waals surface area contributed by atoms with Gasteiger partial charge in [-0.2, -0.15) is 0 Å². The molecule has 0 atom stereocenters. The quantitative estimate of drug-likeness (QED) is 0.551. The Balaban J connectivity index is 1.80. The average molecular weight is 345 g/mol. The second-order valence-corrected chi connectivity index (χ2v) is 15.7. The van der Waals surface area contributed by atoms with Gasteiger partial charge in [0, 0.05) is 0 Å². The van der Waals surface area contributed by atoms with Crippen molar-refractivity contribution in [3.05, 3.63) is 60.7 Å². The maximum absolute atomic E-state index is 6.25. The van der Waals surface area contributed by atoms with Crippen LogP contribution in [-0.4, -0.2) is 16.6 Å². The maximum atomic E-state index is 6.25. The number of rotatable bonds is 8. The molecule has 0 bridgehead atoms. The van der Waals surface area contributed by atoms with E-state index >= 15 is 0 Å². The summed E-state index contributed by atoms with van der Waals surface area (Å²) in [5.74, 6) is 2.00. The van der Waals surface area contributed by atoms with Crippen LogP contribution >= 0.6 is 0 Å². The van der Waals surface area contributed by atoms with Gasteiger partial charge < -0.3 is 8.85 Å². The summed E-state index contributed by atoms with van der Waals surface area (Å²) in [6.07, 6.45) is 1.18. The van der Waals surface area contributed by atoms with E-state index in [9.17, 15) is 0 Å². The lowest BCUT2D eigenvalue weighted by molar-refractivity contribution is 0.534. The Morgan fingerprint density at radius 3 is 1.30 bits per heavy atom. The van der Waals surface area contributed by atoms with Crippen molar-refractivity contribution in [2.45, 2.75) is 44.7 Å². The number of hydrogen-bond acceptors (Lipinski definition) is 2. The first kappa shape index (κ1) is 17.8. The van der Waals surface area contributed by atoms with Crippen molar-refractivity contribution in [3.63, 3.8) is 0 Å². The third kappa shape index (κ3) is 6.63. The van der Waals surface area contributed by atoms with Gasteiger partial charge in [-0.3, -0.25) is 0 Å². The minimum atomic E-state index is -1.67. The highest BCUT2D eigenvalue weighted by Gasteiger charge is 2.28. The van der Waals surface area contributed by atoms with E-state index in [1.54, 1.807) is 0 Å². The smallest absolute Gasteiger partial charge is 0.245 e. The zero-order valence-electron chi connectivity index (χ0n) is 14.7. The molecule has 2 aromatic rings. The van der Waals surface area contributed by atoms with Crippen LogP contribution < -0.4 is 8.85 Å². The van der Waals surface area contributed by atoms with Gasteiger partial charge in [-0.05, 0) is 62.5 Å². The molecule has 2 nitrogen and oxygen atoms in total. The second kappa shape index (κ2) is 7.84. The standard InChI is InChI=1S/C19H28O2Si2/c1-22(2,20-18-12-7-5-8-13-18)16-11-17-23(3,4)21-19-14-9-6-10-15-19/h5-10,12-15H,11,16-17H2,1-4H3. The Morgan fingerprint density at radius 1 is 0.609 bits per heavy atom. The molecule has 0 aromatic heterocycles. The van der Waals surface area contributed by atoms with Crippen LogP contribution in [0.2, 0.25) is 38.3 Å². The van der Waals surface area contributed by atoms with Crippen molar-refractivity contribution in [2.24, 2.45) is 0 Å². The van der Waals surface area contributed by atoms with Gasteiger partial charge >= 0.3 is 0 Å². The van der Waals surface area contributed by atoms with E-state index in [-0.39, 0.29) is 0 Å². The third-order valence-corrected chi connectivity index (χ3v) is 8.52. The molecule has 0 aliphatic heterocycles. The molecule has 2 aromatic carbocycles. The molecule has 0 N–H and O–H groups in total. The van der Waals surface area contributed by atoms with E-state index in [2.05, 4.69) is 26.2 Å². The van der Waals surface area contributed by atoms with E-state index in [1.165, 1.54) is 6.42 Å². The summed E-state index contributed by atoms with van der Waals surface area (Å²) >= 11 is 0. The molecule has 124 valence electrons. The minimum Gasteiger partial charge on any atom is -0.544 e. The van der Waals surface area contributed by atoms with Gasteiger partial charge in [0.05, 0.1) is 0 Å². The summed E-state index contributed by atoms with van der Waals surface area (Å²) in [5, 5.41) is 0. The zero-order chi connectivity index (χ0) is 16.8. The summed E-state index contributed by atoms with van der Waals surface area (Å²) in [7, 11) is -3.34. The summed E-state index contributed by atoms with van der Waals surface area (Å²) in [6.45, 7) is 9.19. The molecular formula is C19H28O2Si2. The molecule has 23 heavy (non-hydrogen) atoms. The second-order valence-electron chi connectivity index (χ2n) is 7.20. The van der Waals surface area contributed by atoms with Crippen LogP contribution in [-0.2, 0) is 0 Å². The van der Waals surface area contributed by atoms with Crippen LogP contribution in [0.15, 0.2) is 60.7 Å². The molecule has 0 aliphatic rings. The van der Waals surface area contributed by atoms with Gasteiger partial charge in [0.15, 0.2) is 0 Å². The Kier molecular flexibility index (Phi) is 6.07. The Hall–Kier alpha value is -1.53. The normalized spacial score (nSPS) is 12.0. The third-order valence-electron chi connectivity index (χ3n) is 3.83. The predicted molar refractivity (Wildman–Crippen MR) is 103 cm³/mol. The number of hydrogen-bond donors (Lipinski definition) is 0. The van der Waals surface area contributed by atoms with Crippen LogP contribution in [0.1, 0.15) is 6.42 Å². The number of para-hydroxylation sites is 2. The highest BCUT2D eigenvalue weighted by atomic mass is 28.4. The molecule has 0 unspecified atom stereocenters. The van der Waals surface area contributed by atoms with Gasteiger partial charge in [0.25, 0.3) is 0 Å². The van der Waals surface area contributed by atoms with Gasteiger partial charge in [-0.15, -0.1) is 0 Å². The molecule has 0 aliphatic carbocycles. The summed E-state index contributed by atoms with van der Waals surface area (Å²) in [6, 6.07) is 22.7. The van der Waals surface area contributed by atoms with Crippen LogP contribution in [0.5, 0.6) is 11.5 Å². The van der Waals surface area contributed by atoms with Gasteiger partial charge in [-0.1, -0.05) is 42.8 Å². The fourth-order valence-electron chi connectivity index (χ4n) is 2.66. The fraction of sp³-hybridized carbons (Fsp3) is 0.368. The average Bonchev–Trinajstić information content (AvgIpc) is 2.47. The van der Waals surface area contributed by atoms with Crippen LogP contribution in [0.3, 0.4) is 0 Å². The van der Waals surface area contributed by atoms with Crippen molar-refractivity contribution >= 4 is 16.6 Å². The molecule has 0 amide bonds. The highest BCUT2D eigenvalue weighted by Crippen LogP contribution is 2.25. The largest absolute Gasteiger partial charge is 0.544 e. The monoisotopic (exact) mass is 344 g/mol. The minimum absolute atomic E-state index is 1.00. The van der Waals surface area contributed by atoms with E-state index in [0.717, 1.165) is 23.6 Å². The number of benzene rings is 2. The maximum Gasteiger partial charge on any atom is 0.245 e. The van der Waals surface area contributed by atoms with Crippen molar-refractivity contribution in [1.29, 1.82) is 0 Å². The summed E-state index contributed by atoms with van der Waals surface area (Å²) < 4.78 is 12.5. The SMILES string of the molecule is C[Si](C)(CCC[Si](C)(C)Oc1ccccc1)Oc1ccccc1. The van der Waals surface area contributed by atoms with Gasteiger partial charge in [-0.25, -0.2) is 0 Å². The van der Waals surface area contributed by atoms with Crippen molar-refractivity contribution in [1.82, 2.24) is 0 Å². The lowest BCUT2D eigenvalue weighted by Gasteiger charge is -2.27. The van der Waals surface area contributed by atoms with Crippen molar-refractivity contribution in [2.75, 3.05) is 0 Å². The molecule has 4 heteroatoms. The molecule has 0 heterocycles. The molecule has 0 saturated heterocycles.